The normalized spacial score (nSPS) is 14.1. The summed E-state index contributed by atoms with van der Waals surface area (Å²) in [5, 5.41) is 0.0548. The lowest BCUT2D eigenvalue weighted by Crippen LogP contribution is -1.99. The Bertz CT molecular complexity index is 37.9. The smallest absolute Gasteiger partial charge is 0.0482 e. The maximum Gasteiger partial charge on any atom is 0.0482 e. The minimum absolute atomic E-state index is 0.0548. The highest BCUT2D eigenvalue weighted by atomic mass is 35.5. The summed E-state index contributed by atoms with van der Waals surface area (Å²) in [5.74, 6) is 1.09. The minimum Gasteiger partial charge on any atom is -0.127 e. The van der Waals surface area contributed by atoms with E-state index in [2.05, 4.69) is 0 Å². The van der Waals surface area contributed by atoms with Gasteiger partial charge < -0.3 is 0 Å². The molecule has 0 heterocycles. The van der Waals surface area contributed by atoms with Crippen molar-refractivity contribution in [3.05, 3.63) is 0 Å². The van der Waals surface area contributed by atoms with E-state index in [-0.39, 0.29) is 5.38 Å². The highest BCUT2D eigenvalue weighted by Gasteiger charge is 1.98. The van der Waals surface area contributed by atoms with E-state index >= 15 is 0 Å². The molecular formula is C4H7Cl3. The zero-order chi connectivity index (χ0) is 5.70. The van der Waals surface area contributed by atoms with E-state index in [1.54, 1.807) is 0 Å². The molecule has 0 rings (SSSR count). The topological polar surface area (TPSA) is 0 Å². The van der Waals surface area contributed by atoms with E-state index in [4.69, 9.17) is 34.8 Å². The van der Waals surface area contributed by atoms with Crippen molar-refractivity contribution in [2.45, 2.75) is 11.8 Å². The molecule has 0 aromatic heterocycles. The second kappa shape index (κ2) is 5.02. The van der Waals surface area contributed by atoms with E-state index in [1.807, 2.05) is 0 Å². The summed E-state index contributed by atoms with van der Waals surface area (Å²) in [7, 11) is 0. The van der Waals surface area contributed by atoms with Gasteiger partial charge in [-0.15, -0.1) is 34.8 Å². The van der Waals surface area contributed by atoms with E-state index in [0.717, 1.165) is 6.42 Å². The Kier molecular flexibility index (Phi) is 5.64. The summed E-state index contributed by atoms with van der Waals surface area (Å²) in [6, 6.07) is 0. The van der Waals surface area contributed by atoms with Crippen molar-refractivity contribution in [3.8, 4) is 0 Å². The number of halogens is 3. The molecular weight excluding hydrogens is 154 g/mol. The Morgan fingerprint density at radius 1 is 1.29 bits per heavy atom. The molecule has 0 saturated carbocycles. The molecule has 0 nitrogen and oxygen atoms in total. The summed E-state index contributed by atoms with van der Waals surface area (Å²) in [6.45, 7) is 0. The number of alkyl halides is 3. The number of hydrogen-bond acceptors (Lipinski definition) is 0. The molecule has 44 valence electrons. The second-order valence-corrected chi connectivity index (χ2v) is 2.53. The van der Waals surface area contributed by atoms with Crippen molar-refractivity contribution in [1.29, 1.82) is 0 Å². The Hall–Kier alpha value is 0.870. The molecule has 3 heteroatoms. The van der Waals surface area contributed by atoms with Gasteiger partial charge in [0.1, 0.15) is 0 Å². The van der Waals surface area contributed by atoms with Crippen LogP contribution in [0.2, 0.25) is 0 Å². The van der Waals surface area contributed by atoms with Crippen LogP contribution in [0.15, 0.2) is 0 Å². The van der Waals surface area contributed by atoms with Crippen LogP contribution in [0.3, 0.4) is 0 Å². The van der Waals surface area contributed by atoms with Crippen LogP contribution < -0.4 is 0 Å². The van der Waals surface area contributed by atoms with Gasteiger partial charge in [0, 0.05) is 17.1 Å². The molecule has 0 aliphatic rings. The predicted octanol–water partition coefficient (Wildman–Crippen LogP) is 2.46. The van der Waals surface area contributed by atoms with Crippen LogP contribution >= 0.6 is 34.8 Å². The van der Waals surface area contributed by atoms with Crippen LogP contribution in [0.5, 0.6) is 0 Å². The van der Waals surface area contributed by atoms with Crippen molar-refractivity contribution < 1.29 is 0 Å². The van der Waals surface area contributed by atoms with Crippen LogP contribution in [-0.4, -0.2) is 17.1 Å². The summed E-state index contributed by atoms with van der Waals surface area (Å²) < 4.78 is 0. The van der Waals surface area contributed by atoms with Crippen LogP contribution in [0.1, 0.15) is 6.42 Å². The maximum absolute atomic E-state index is 5.55. The predicted molar refractivity (Wildman–Crippen MR) is 35.7 cm³/mol. The maximum atomic E-state index is 5.55. The Balaban J connectivity index is 2.83. The van der Waals surface area contributed by atoms with Crippen molar-refractivity contribution in [3.63, 3.8) is 0 Å². The van der Waals surface area contributed by atoms with E-state index < -0.39 is 0 Å². The van der Waals surface area contributed by atoms with Crippen molar-refractivity contribution >= 4 is 34.8 Å². The van der Waals surface area contributed by atoms with Gasteiger partial charge in [-0.2, -0.15) is 0 Å². The SMILES string of the molecule is ClCCC(Cl)CCl. The summed E-state index contributed by atoms with van der Waals surface area (Å²) in [6.07, 6.45) is 0.798. The minimum atomic E-state index is 0.0548. The average molecular weight is 161 g/mol. The molecule has 7 heavy (non-hydrogen) atoms. The molecule has 0 radical (unpaired) electrons. The molecule has 0 saturated heterocycles. The molecule has 0 fully saturated rings. The summed E-state index contributed by atoms with van der Waals surface area (Å²) in [5.41, 5.74) is 0. The lowest BCUT2D eigenvalue weighted by Gasteiger charge is -1.97. The molecule has 0 aromatic rings. The quantitative estimate of drug-likeness (QED) is 0.558. The van der Waals surface area contributed by atoms with Crippen molar-refractivity contribution in [2.24, 2.45) is 0 Å². The zero-order valence-corrected chi connectivity index (χ0v) is 6.10. The molecule has 0 spiro atoms. The van der Waals surface area contributed by atoms with Gasteiger partial charge in [0.25, 0.3) is 0 Å². The first-order valence-corrected chi connectivity index (χ1v) is 3.57. The lowest BCUT2D eigenvalue weighted by atomic mass is 10.4. The fourth-order valence-electron chi connectivity index (χ4n) is 0.196. The molecule has 0 amide bonds. The molecule has 1 unspecified atom stereocenters. The van der Waals surface area contributed by atoms with Gasteiger partial charge >= 0.3 is 0 Å². The molecule has 0 aliphatic heterocycles. The zero-order valence-electron chi connectivity index (χ0n) is 3.83. The van der Waals surface area contributed by atoms with Crippen LogP contribution in [-0.2, 0) is 0 Å². The second-order valence-electron chi connectivity index (χ2n) is 1.23. The van der Waals surface area contributed by atoms with E-state index in [1.165, 1.54) is 0 Å². The van der Waals surface area contributed by atoms with Crippen LogP contribution in [0.25, 0.3) is 0 Å². The molecule has 0 aliphatic carbocycles. The van der Waals surface area contributed by atoms with Gasteiger partial charge in [0.15, 0.2) is 0 Å². The standard InChI is InChI=1S/C4H7Cl3/c5-2-1-4(7)3-6/h4H,1-3H2. The largest absolute Gasteiger partial charge is 0.127 e. The average Bonchev–Trinajstić information content (AvgIpc) is 1.68. The number of rotatable bonds is 3. The van der Waals surface area contributed by atoms with Crippen molar-refractivity contribution in [2.75, 3.05) is 11.8 Å². The third-order valence-electron chi connectivity index (χ3n) is 0.590. The molecule has 0 bridgehead atoms. The first-order valence-electron chi connectivity index (χ1n) is 2.07. The van der Waals surface area contributed by atoms with Gasteiger partial charge in [-0.25, -0.2) is 0 Å². The lowest BCUT2D eigenvalue weighted by molar-refractivity contribution is 0.908. The summed E-state index contributed by atoms with van der Waals surface area (Å²) in [4.78, 5) is 0. The highest BCUT2D eigenvalue weighted by Crippen LogP contribution is 2.04. The first-order chi connectivity index (χ1) is 3.31. The first kappa shape index (κ1) is 7.87. The Morgan fingerprint density at radius 3 is 2.00 bits per heavy atom. The Labute approximate surface area is 58.7 Å². The summed E-state index contributed by atoms with van der Waals surface area (Å²) >= 11 is 16.2. The van der Waals surface area contributed by atoms with Gasteiger partial charge in [0.2, 0.25) is 0 Å². The molecule has 1 atom stereocenters. The van der Waals surface area contributed by atoms with Gasteiger partial charge in [0.05, 0.1) is 0 Å². The fourth-order valence-corrected chi connectivity index (χ4v) is 0.834. The van der Waals surface area contributed by atoms with E-state index in [0.29, 0.717) is 11.8 Å². The van der Waals surface area contributed by atoms with Gasteiger partial charge in [-0.1, -0.05) is 0 Å². The van der Waals surface area contributed by atoms with Crippen LogP contribution in [0.4, 0.5) is 0 Å². The fraction of sp³-hybridized carbons (Fsp3) is 1.00. The van der Waals surface area contributed by atoms with Crippen molar-refractivity contribution in [1.82, 2.24) is 0 Å². The highest BCUT2D eigenvalue weighted by molar-refractivity contribution is 6.28. The molecule has 0 N–H and O–H groups in total. The molecule has 0 aromatic carbocycles. The third-order valence-corrected chi connectivity index (χ3v) is 1.71. The van der Waals surface area contributed by atoms with Gasteiger partial charge in [-0.05, 0) is 6.42 Å². The Morgan fingerprint density at radius 2 is 1.86 bits per heavy atom. The third kappa shape index (κ3) is 4.73. The van der Waals surface area contributed by atoms with Gasteiger partial charge in [-0.3, -0.25) is 0 Å². The van der Waals surface area contributed by atoms with E-state index in [9.17, 15) is 0 Å². The number of hydrogen-bond donors (Lipinski definition) is 0. The van der Waals surface area contributed by atoms with Crippen LogP contribution in [0, 0.1) is 0 Å². The monoisotopic (exact) mass is 160 g/mol.